The molecule has 1 aromatic heterocycles. The van der Waals surface area contributed by atoms with Crippen LogP contribution in [0.3, 0.4) is 0 Å². The summed E-state index contributed by atoms with van der Waals surface area (Å²) in [6.07, 6.45) is 1.99. The number of nitrogens with zero attached hydrogens (tertiary/aromatic N) is 1. The molecule has 1 saturated heterocycles. The van der Waals surface area contributed by atoms with Gasteiger partial charge in [-0.3, -0.25) is 4.79 Å². The van der Waals surface area contributed by atoms with Gasteiger partial charge in [0.2, 0.25) is 0 Å². The normalized spacial score (nSPS) is 21.0. The lowest BCUT2D eigenvalue weighted by molar-refractivity contribution is -0.0233. The molecule has 1 aliphatic heterocycles. The molecule has 1 amide bonds. The van der Waals surface area contributed by atoms with Crippen molar-refractivity contribution in [3.05, 3.63) is 40.9 Å². The summed E-state index contributed by atoms with van der Waals surface area (Å²) >= 11 is 1.60. The Labute approximate surface area is 147 Å². The van der Waals surface area contributed by atoms with Crippen molar-refractivity contribution in [3.63, 3.8) is 0 Å². The van der Waals surface area contributed by atoms with E-state index in [-0.39, 0.29) is 18.1 Å². The summed E-state index contributed by atoms with van der Waals surface area (Å²) < 4.78 is 5.78. The van der Waals surface area contributed by atoms with Crippen LogP contribution in [0.15, 0.2) is 29.6 Å². The number of nitrogens with one attached hydrogen (secondary N) is 1. The van der Waals surface area contributed by atoms with Crippen LogP contribution in [-0.2, 0) is 4.74 Å². The zero-order valence-electron chi connectivity index (χ0n) is 14.4. The van der Waals surface area contributed by atoms with E-state index in [1.807, 2.05) is 36.6 Å². The molecule has 0 radical (unpaired) electrons. The Morgan fingerprint density at radius 2 is 2.25 bits per heavy atom. The van der Waals surface area contributed by atoms with Crippen molar-refractivity contribution >= 4 is 17.2 Å². The van der Waals surface area contributed by atoms with E-state index in [4.69, 9.17) is 4.74 Å². The van der Waals surface area contributed by atoms with Crippen LogP contribution in [0.4, 0.5) is 0 Å². The first-order valence-corrected chi connectivity index (χ1v) is 9.36. The number of hydrogen-bond donors (Lipinski definition) is 1. The van der Waals surface area contributed by atoms with Crippen LogP contribution in [0, 0.1) is 12.8 Å². The lowest BCUT2D eigenvalue weighted by Crippen LogP contribution is -2.43. The van der Waals surface area contributed by atoms with Gasteiger partial charge < -0.3 is 10.1 Å². The maximum Gasteiger partial charge on any atom is 0.251 e. The van der Waals surface area contributed by atoms with Gasteiger partial charge in [-0.05, 0) is 37.8 Å². The minimum absolute atomic E-state index is 0.0143. The number of carbonyl (C=O) groups excluding carboxylic acids is 1. The average molecular weight is 344 g/mol. The third-order valence-corrected chi connectivity index (χ3v) is 5.39. The second-order valence-electron chi connectivity index (χ2n) is 6.72. The molecule has 0 unspecified atom stereocenters. The molecule has 24 heavy (non-hydrogen) atoms. The molecule has 5 heteroatoms. The molecule has 128 valence electrons. The summed E-state index contributed by atoms with van der Waals surface area (Å²) in [5.74, 6) is 0.459. The molecule has 0 spiro atoms. The molecule has 2 aromatic rings. The van der Waals surface area contributed by atoms with Crippen LogP contribution >= 0.6 is 11.3 Å². The quantitative estimate of drug-likeness (QED) is 0.910. The molecule has 1 aromatic carbocycles. The van der Waals surface area contributed by atoms with Crippen LogP contribution in [0.2, 0.25) is 0 Å². The molecule has 1 fully saturated rings. The van der Waals surface area contributed by atoms with Crippen molar-refractivity contribution in [2.24, 2.45) is 5.92 Å². The Hall–Kier alpha value is -1.72. The summed E-state index contributed by atoms with van der Waals surface area (Å²) in [5.41, 5.74) is 2.69. The van der Waals surface area contributed by atoms with Gasteiger partial charge in [-0.2, -0.15) is 0 Å². The van der Waals surface area contributed by atoms with Crippen molar-refractivity contribution in [3.8, 4) is 10.6 Å². The molecule has 2 atom stereocenters. The number of hydrogen-bond acceptors (Lipinski definition) is 4. The van der Waals surface area contributed by atoms with Crippen molar-refractivity contribution in [1.29, 1.82) is 0 Å². The standard InChI is InChI=1S/C19H24N2O2S/c1-12(2)17-10-16(7-8-23-17)21-18(22)14-5-4-6-15(9-14)19-20-13(3)11-24-19/h4-6,9,11-12,16-17H,7-8,10H2,1-3H3,(H,21,22)/t16-,17-/m0/s1. The first kappa shape index (κ1) is 17.1. The Bertz CT molecular complexity index is 711. The highest BCUT2D eigenvalue weighted by Gasteiger charge is 2.26. The summed E-state index contributed by atoms with van der Waals surface area (Å²) in [4.78, 5) is 17.1. The minimum atomic E-state index is -0.0143. The van der Waals surface area contributed by atoms with E-state index in [0.717, 1.165) is 29.1 Å². The van der Waals surface area contributed by atoms with Crippen molar-refractivity contribution in [2.45, 2.75) is 45.8 Å². The molecule has 2 heterocycles. The number of ether oxygens (including phenoxy) is 1. The molecule has 4 nitrogen and oxygen atoms in total. The summed E-state index contributed by atoms with van der Waals surface area (Å²) in [7, 11) is 0. The molecule has 1 N–H and O–H groups in total. The van der Waals surface area contributed by atoms with E-state index >= 15 is 0 Å². The largest absolute Gasteiger partial charge is 0.378 e. The van der Waals surface area contributed by atoms with E-state index in [0.29, 0.717) is 18.1 Å². The highest BCUT2D eigenvalue weighted by molar-refractivity contribution is 7.13. The molecule has 0 saturated carbocycles. The van der Waals surface area contributed by atoms with E-state index in [2.05, 4.69) is 24.1 Å². The molecule has 3 rings (SSSR count). The molecule has 0 bridgehead atoms. The average Bonchev–Trinajstić information content (AvgIpc) is 3.02. The fourth-order valence-electron chi connectivity index (χ4n) is 2.97. The lowest BCUT2D eigenvalue weighted by atomic mass is 9.95. The zero-order chi connectivity index (χ0) is 17.1. The number of thiazole rings is 1. The fraction of sp³-hybridized carbons (Fsp3) is 0.474. The van der Waals surface area contributed by atoms with Gasteiger partial charge in [-0.1, -0.05) is 26.0 Å². The van der Waals surface area contributed by atoms with Crippen LogP contribution < -0.4 is 5.32 Å². The Balaban J connectivity index is 1.69. The first-order valence-electron chi connectivity index (χ1n) is 8.48. The van der Waals surface area contributed by atoms with Gasteiger partial charge in [-0.25, -0.2) is 4.98 Å². The topological polar surface area (TPSA) is 51.2 Å². The smallest absolute Gasteiger partial charge is 0.251 e. The van der Waals surface area contributed by atoms with Gasteiger partial charge >= 0.3 is 0 Å². The number of aryl methyl sites for hydroxylation is 1. The van der Waals surface area contributed by atoms with Crippen LogP contribution in [0.1, 0.15) is 42.7 Å². The number of rotatable bonds is 4. The van der Waals surface area contributed by atoms with E-state index in [1.54, 1.807) is 11.3 Å². The number of benzene rings is 1. The van der Waals surface area contributed by atoms with Crippen LogP contribution in [0.25, 0.3) is 10.6 Å². The third kappa shape index (κ3) is 4.02. The van der Waals surface area contributed by atoms with Gasteiger partial charge in [0.25, 0.3) is 5.91 Å². The first-order chi connectivity index (χ1) is 11.5. The summed E-state index contributed by atoms with van der Waals surface area (Å²) in [6, 6.07) is 7.88. The predicted octanol–water partition coefficient (Wildman–Crippen LogP) is 4.05. The second kappa shape index (κ2) is 7.45. The predicted molar refractivity (Wildman–Crippen MR) is 97.4 cm³/mol. The fourth-order valence-corrected chi connectivity index (χ4v) is 3.77. The zero-order valence-corrected chi connectivity index (χ0v) is 15.2. The number of amides is 1. The van der Waals surface area contributed by atoms with Crippen molar-refractivity contribution < 1.29 is 9.53 Å². The molecule has 1 aliphatic rings. The van der Waals surface area contributed by atoms with Crippen LogP contribution in [0.5, 0.6) is 0 Å². The van der Waals surface area contributed by atoms with E-state index in [9.17, 15) is 4.79 Å². The number of carbonyl (C=O) groups is 1. The third-order valence-electron chi connectivity index (χ3n) is 4.38. The van der Waals surface area contributed by atoms with Gasteiger partial charge in [-0.15, -0.1) is 11.3 Å². The second-order valence-corrected chi connectivity index (χ2v) is 7.58. The highest BCUT2D eigenvalue weighted by Crippen LogP contribution is 2.25. The Morgan fingerprint density at radius 1 is 1.42 bits per heavy atom. The minimum Gasteiger partial charge on any atom is -0.378 e. The lowest BCUT2D eigenvalue weighted by Gasteiger charge is -2.32. The van der Waals surface area contributed by atoms with E-state index < -0.39 is 0 Å². The van der Waals surface area contributed by atoms with E-state index in [1.165, 1.54) is 0 Å². The molecule has 0 aliphatic carbocycles. The SMILES string of the molecule is Cc1csc(-c2cccc(C(=O)N[C@H]3CCO[C@H](C(C)C)C3)c2)n1. The van der Waals surface area contributed by atoms with Crippen molar-refractivity contribution in [1.82, 2.24) is 10.3 Å². The molecular formula is C19H24N2O2S. The van der Waals surface area contributed by atoms with Gasteiger partial charge in [0, 0.05) is 34.8 Å². The summed E-state index contributed by atoms with van der Waals surface area (Å²) in [5, 5.41) is 6.14. The maximum atomic E-state index is 12.6. The maximum absolute atomic E-state index is 12.6. The Morgan fingerprint density at radius 3 is 2.96 bits per heavy atom. The van der Waals surface area contributed by atoms with Gasteiger partial charge in [0.15, 0.2) is 0 Å². The monoisotopic (exact) mass is 344 g/mol. The highest BCUT2D eigenvalue weighted by atomic mass is 32.1. The Kier molecular flexibility index (Phi) is 5.31. The van der Waals surface area contributed by atoms with Gasteiger partial charge in [0.05, 0.1) is 6.10 Å². The van der Waals surface area contributed by atoms with Crippen molar-refractivity contribution in [2.75, 3.05) is 6.61 Å². The van der Waals surface area contributed by atoms with Crippen LogP contribution in [-0.4, -0.2) is 29.6 Å². The van der Waals surface area contributed by atoms with Gasteiger partial charge in [0.1, 0.15) is 5.01 Å². The molecular weight excluding hydrogens is 320 g/mol. The summed E-state index contributed by atoms with van der Waals surface area (Å²) in [6.45, 7) is 7.02. The number of aromatic nitrogens is 1.